The molecule has 0 saturated carbocycles. The van der Waals surface area contributed by atoms with Crippen LogP contribution >= 0.6 is 27.5 Å². The second-order valence-electron chi connectivity index (χ2n) is 4.29. The number of pyridine rings is 1. The number of H-pyrrole nitrogens is 1. The summed E-state index contributed by atoms with van der Waals surface area (Å²) in [6, 6.07) is 6.33. The van der Waals surface area contributed by atoms with Gasteiger partial charge in [0.15, 0.2) is 0 Å². The molecule has 2 nitrogen and oxygen atoms in total. The molecule has 0 saturated heterocycles. The van der Waals surface area contributed by atoms with E-state index in [-0.39, 0.29) is 5.82 Å². The fourth-order valence-electron chi connectivity index (χ4n) is 1.95. The average molecular weight is 352 g/mol. The van der Waals surface area contributed by atoms with Gasteiger partial charge in [0.25, 0.3) is 0 Å². The zero-order valence-corrected chi connectivity index (χ0v) is 12.5. The Morgan fingerprint density at radius 3 is 2.80 bits per heavy atom. The molecule has 1 aromatic carbocycles. The Kier molecular flexibility index (Phi) is 3.59. The van der Waals surface area contributed by atoms with E-state index in [1.165, 1.54) is 12.1 Å². The first-order valence-corrected chi connectivity index (χ1v) is 7.06. The smallest absolute Gasteiger partial charge is 0.137 e. The lowest BCUT2D eigenvalue weighted by molar-refractivity contribution is 0.628. The van der Waals surface area contributed by atoms with Crippen molar-refractivity contribution in [1.82, 2.24) is 9.97 Å². The molecule has 100 valence electrons. The van der Waals surface area contributed by atoms with Crippen molar-refractivity contribution in [2.45, 2.75) is 0 Å². The molecule has 0 fully saturated rings. The molecule has 0 aliphatic heterocycles. The maximum absolute atomic E-state index is 13.0. The second-order valence-corrected chi connectivity index (χ2v) is 5.62. The van der Waals surface area contributed by atoms with Crippen molar-refractivity contribution in [3.05, 3.63) is 63.1 Å². The average Bonchev–Trinajstić information content (AvgIpc) is 2.80. The molecule has 0 bridgehead atoms. The van der Waals surface area contributed by atoms with E-state index in [0.29, 0.717) is 5.02 Å². The van der Waals surface area contributed by atoms with Gasteiger partial charge in [-0.2, -0.15) is 0 Å². The molecule has 5 heteroatoms. The summed E-state index contributed by atoms with van der Waals surface area (Å²) in [6.07, 6.45) is 7.39. The van der Waals surface area contributed by atoms with Crippen LogP contribution in [-0.4, -0.2) is 9.97 Å². The van der Waals surface area contributed by atoms with Crippen LogP contribution in [0.15, 0.2) is 41.1 Å². The van der Waals surface area contributed by atoms with Gasteiger partial charge in [-0.3, -0.25) is 0 Å². The normalized spacial score (nSPS) is 11.6. The SMILES string of the molecule is Fc1ccc(/C=C/c2c[nH]c3ncc(Br)cc23)c(Cl)c1. The lowest BCUT2D eigenvalue weighted by Crippen LogP contribution is -1.78. The highest BCUT2D eigenvalue weighted by Crippen LogP contribution is 2.24. The van der Waals surface area contributed by atoms with Gasteiger partial charge < -0.3 is 4.98 Å². The molecular formula is C15H9BrClFN2. The van der Waals surface area contributed by atoms with Gasteiger partial charge in [-0.1, -0.05) is 29.8 Å². The quantitative estimate of drug-likeness (QED) is 0.668. The maximum Gasteiger partial charge on any atom is 0.137 e. The van der Waals surface area contributed by atoms with Gasteiger partial charge in [0.05, 0.1) is 5.02 Å². The Bertz CT molecular complexity index is 811. The first-order valence-electron chi connectivity index (χ1n) is 5.89. The Hall–Kier alpha value is -1.65. The highest BCUT2D eigenvalue weighted by atomic mass is 79.9. The van der Waals surface area contributed by atoms with Gasteiger partial charge in [-0.05, 0) is 39.7 Å². The van der Waals surface area contributed by atoms with Crippen molar-refractivity contribution in [2.75, 3.05) is 0 Å². The number of aromatic amines is 1. The lowest BCUT2D eigenvalue weighted by Gasteiger charge is -1.98. The third-order valence-corrected chi connectivity index (χ3v) is 3.70. The summed E-state index contributed by atoms with van der Waals surface area (Å²) < 4.78 is 13.9. The molecule has 3 aromatic rings. The van der Waals surface area contributed by atoms with Crippen LogP contribution in [0.3, 0.4) is 0 Å². The Morgan fingerprint density at radius 2 is 2.00 bits per heavy atom. The molecule has 0 unspecified atom stereocenters. The van der Waals surface area contributed by atoms with Crippen LogP contribution in [0.5, 0.6) is 0 Å². The van der Waals surface area contributed by atoms with Gasteiger partial charge in [-0.15, -0.1) is 0 Å². The van der Waals surface area contributed by atoms with E-state index in [1.54, 1.807) is 12.3 Å². The summed E-state index contributed by atoms with van der Waals surface area (Å²) in [5, 5.41) is 1.40. The molecule has 3 rings (SSSR count). The molecule has 0 amide bonds. The summed E-state index contributed by atoms with van der Waals surface area (Å²) in [5.74, 6) is -0.340. The van der Waals surface area contributed by atoms with Crippen molar-refractivity contribution in [1.29, 1.82) is 0 Å². The van der Waals surface area contributed by atoms with E-state index in [9.17, 15) is 4.39 Å². The number of halogens is 3. The largest absolute Gasteiger partial charge is 0.346 e. The summed E-state index contributed by atoms with van der Waals surface area (Å²) in [7, 11) is 0. The van der Waals surface area contributed by atoms with Gasteiger partial charge in [0.1, 0.15) is 11.5 Å². The summed E-state index contributed by atoms with van der Waals surface area (Å²) in [4.78, 5) is 7.37. The van der Waals surface area contributed by atoms with Gasteiger partial charge in [0.2, 0.25) is 0 Å². The molecule has 0 aliphatic carbocycles. The van der Waals surface area contributed by atoms with Crippen LogP contribution in [-0.2, 0) is 0 Å². The number of fused-ring (bicyclic) bond motifs is 1. The molecule has 2 heterocycles. The minimum atomic E-state index is -0.340. The fraction of sp³-hybridized carbons (Fsp3) is 0. The first-order chi connectivity index (χ1) is 9.63. The van der Waals surface area contributed by atoms with E-state index in [0.717, 1.165) is 26.6 Å². The number of aromatic nitrogens is 2. The number of benzene rings is 1. The minimum absolute atomic E-state index is 0.340. The highest BCUT2D eigenvalue weighted by Gasteiger charge is 2.03. The lowest BCUT2D eigenvalue weighted by atomic mass is 10.1. The number of hydrogen-bond acceptors (Lipinski definition) is 1. The zero-order valence-electron chi connectivity index (χ0n) is 10.2. The van der Waals surface area contributed by atoms with Crippen molar-refractivity contribution < 1.29 is 4.39 Å². The van der Waals surface area contributed by atoms with Gasteiger partial charge in [-0.25, -0.2) is 9.37 Å². The number of nitrogens with zero attached hydrogens (tertiary/aromatic N) is 1. The Balaban J connectivity index is 2.00. The van der Waals surface area contributed by atoms with Crippen LogP contribution in [0.1, 0.15) is 11.1 Å². The maximum atomic E-state index is 13.0. The van der Waals surface area contributed by atoms with Crippen LogP contribution in [0.25, 0.3) is 23.2 Å². The topological polar surface area (TPSA) is 28.7 Å². The number of rotatable bonds is 2. The van der Waals surface area contributed by atoms with Crippen molar-refractivity contribution in [3.8, 4) is 0 Å². The molecule has 0 atom stereocenters. The van der Waals surface area contributed by atoms with Crippen molar-refractivity contribution in [2.24, 2.45) is 0 Å². The summed E-state index contributed by atoms with van der Waals surface area (Å²) >= 11 is 9.40. The van der Waals surface area contributed by atoms with Crippen LogP contribution < -0.4 is 0 Å². The number of nitrogens with one attached hydrogen (secondary N) is 1. The molecular weight excluding hydrogens is 343 g/mol. The summed E-state index contributed by atoms with van der Waals surface area (Å²) in [5.41, 5.74) is 2.58. The van der Waals surface area contributed by atoms with Gasteiger partial charge in [0, 0.05) is 27.8 Å². The Morgan fingerprint density at radius 1 is 1.20 bits per heavy atom. The zero-order chi connectivity index (χ0) is 14.1. The van der Waals surface area contributed by atoms with E-state index in [2.05, 4.69) is 25.9 Å². The number of hydrogen-bond donors (Lipinski definition) is 1. The monoisotopic (exact) mass is 350 g/mol. The molecule has 2 aromatic heterocycles. The first kappa shape index (κ1) is 13.3. The third-order valence-electron chi connectivity index (χ3n) is 2.93. The van der Waals surface area contributed by atoms with E-state index in [4.69, 9.17) is 11.6 Å². The van der Waals surface area contributed by atoms with Crippen molar-refractivity contribution >= 4 is 50.7 Å². The Labute approximate surface area is 128 Å². The van der Waals surface area contributed by atoms with Gasteiger partial charge >= 0.3 is 0 Å². The molecule has 0 radical (unpaired) electrons. The molecule has 0 aliphatic rings. The molecule has 20 heavy (non-hydrogen) atoms. The third kappa shape index (κ3) is 2.62. The molecule has 0 spiro atoms. The fourth-order valence-corrected chi connectivity index (χ4v) is 2.51. The van der Waals surface area contributed by atoms with Crippen LogP contribution in [0.2, 0.25) is 5.02 Å². The molecule has 1 N–H and O–H groups in total. The predicted octanol–water partition coefficient (Wildman–Crippen LogP) is 5.29. The van der Waals surface area contributed by atoms with Crippen molar-refractivity contribution in [3.63, 3.8) is 0 Å². The van der Waals surface area contributed by atoms with Crippen LogP contribution in [0, 0.1) is 5.82 Å². The second kappa shape index (κ2) is 5.38. The standard InChI is InChI=1S/C15H9BrClFN2/c16-11-5-13-10(7-19-15(13)20-8-11)2-1-9-3-4-12(18)6-14(9)17/h1-8H,(H,19,20)/b2-1+. The van der Waals surface area contributed by atoms with E-state index in [1.807, 2.05) is 24.4 Å². The van der Waals surface area contributed by atoms with E-state index >= 15 is 0 Å². The predicted molar refractivity (Wildman–Crippen MR) is 84.1 cm³/mol. The summed E-state index contributed by atoms with van der Waals surface area (Å²) in [6.45, 7) is 0. The highest BCUT2D eigenvalue weighted by molar-refractivity contribution is 9.10. The van der Waals surface area contributed by atoms with E-state index < -0.39 is 0 Å². The van der Waals surface area contributed by atoms with Crippen LogP contribution in [0.4, 0.5) is 4.39 Å². The minimum Gasteiger partial charge on any atom is -0.346 e.